The van der Waals surface area contributed by atoms with Gasteiger partial charge in [0.1, 0.15) is 40.9 Å². The van der Waals surface area contributed by atoms with Gasteiger partial charge in [-0.15, -0.1) is 0 Å². The van der Waals surface area contributed by atoms with Gasteiger partial charge in [-0.25, -0.2) is 0 Å². The Morgan fingerprint density at radius 2 is 2.03 bits per heavy atom. The smallest absolute Gasteiger partial charge is 0.296 e. The number of furan rings is 2. The normalized spacial score (nSPS) is 22.1. The Kier molecular flexibility index (Phi) is 4.46. The summed E-state index contributed by atoms with van der Waals surface area (Å²) in [6, 6.07) is 11.3. The van der Waals surface area contributed by atoms with Gasteiger partial charge in [-0.3, -0.25) is 9.59 Å². The highest BCUT2D eigenvalue weighted by molar-refractivity contribution is 6.46. The number of aliphatic hydroxyl groups excluding tert-OH is 1. The zero-order chi connectivity index (χ0) is 21.7. The molecule has 2 aliphatic rings. The molecule has 5 rings (SSSR count). The van der Waals surface area contributed by atoms with Crippen molar-refractivity contribution in [2.75, 3.05) is 0 Å². The lowest BCUT2D eigenvalue weighted by molar-refractivity contribution is -0.140. The number of hydrogen-bond acceptors (Lipinski definition) is 6. The first-order chi connectivity index (χ1) is 14.9. The van der Waals surface area contributed by atoms with Gasteiger partial charge in [-0.1, -0.05) is 0 Å². The lowest BCUT2D eigenvalue weighted by Crippen LogP contribution is -2.28. The number of Topliss-reactive ketones (excluding diaryl/α,β-unsaturated/α-hetero) is 1. The highest BCUT2D eigenvalue weighted by Gasteiger charge is 2.48. The molecule has 1 fully saturated rings. The SMILES string of the molecule is Cc1ccc([C@H]2C(=C(O)c3ccc4c(c3)C[C@H](C)O4)C(=O)C(=O)N2Cc2ccco2)o1. The highest BCUT2D eigenvalue weighted by Crippen LogP contribution is 2.41. The van der Waals surface area contributed by atoms with E-state index in [1.54, 1.807) is 49.4 Å². The van der Waals surface area contributed by atoms with Crippen LogP contribution in [0, 0.1) is 6.92 Å². The number of aliphatic hydroxyl groups is 1. The predicted octanol–water partition coefficient (Wildman–Crippen LogP) is 4.13. The Bertz CT molecular complexity index is 1200. The maximum Gasteiger partial charge on any atom is 0.296 e. The number of benzene rings is 1. The molecule has 1 aromatic carbocycles. The van der Waals surface area contributed by atoms with Gasteiger partial charge in [0.25, 0.3) is 11.7 Å². The van der Waals surface area contributed by atoms with Gasteiger partial charge in [0.2, 0.25) is 0 Å². The molecule has 0 bridgehead atoms. The molecule has 158 valence electrons. The Morgan fingerprint density at radius 1 is 1.19 bits per heavy atom. The molecule has 0 spiro atoms. The standard InChI is InChI=1S/C24H21NO6/c1-13-5-7-19(30-13)21-20(23(27)24(28)25(21)12-17-4-3-9-29-17)22(26)15-6-8-18-16(11-15)10-14(2)31-18/h3-9,11,14,21,26H,10,12H2,1-2H3/t14-,21-/m0/s1. The lowest BCUT2D eigenvalue weighted by atomic mass is 9.97. The van der Waals surface area contributed by atoms with Crippen LogP contribution in [0.25, 0.3) is 5.76 Å². The van der Waals surface area contributed by atoms with E-state index in [1.165, 1.54) is 11.2 Å². The van der Waals surface area contributed by atoms with E-state index in [4.69, 9.17) is 13.6 Å². The number of ether oxygens (including phenoxy) is 1. The lowest BCUT2D eigenvalue weighted by Gasteiger charge is -2.22. The van der Waals surface area contributed by atoms with E-state index in [0.717, 1.165) is 11.3 Å². The van der Waals surface area contributed by atoms with Crippen molar-refractivity contribution in [2.24, 2.45) is 0 Å². The number of likely N-dealkylation sites (tertiary alicyclic amines) is 1. The number of carbonyl (C=O) groups excluding carboxylic acids is 2. The van der Waals surface area contributed by atoms with Crippen molar-refractivity contribution in [2.45, 2.75) is 39.0 Å². The number of amides is 1. The molecule has 1 N–H and O–H groups in total. The largest absolute Gasteiger partial charge is 0.507 e. The van der Waals surface area contributed by atoms with Crippen LogP contribution in [0.3, 0.4) is 0 Å². The molecule has 7 heteroatoms. The van der Waals surface area contributed by atoms with Crippen LogP contribution < -0.4 is 4.74 Å². The van der Waals surface area contributed by atoms with Crippen LogP contribution in [-0.2, 0) is 22.6 Å². The summed E-state index contributed by atoms with van der Waals surface area (Å²) in [5.41, 5.74) is 1.41. The Morgan fingerprint density at radius 3 is 2.74 bits per heavy atom. The van der Waals surface area contributed by atoms with E-state index in [1.807, 2.05) is 6.92 Å². The number of fused-ring (bicyclic) bond motifs is 1. The van der Waals surface area contributed by atoms with Gasteiger partial charge >= 0.3 is 0 Å². The molecule has 2 aliphatic heterocycles. The van der Waals surface area contributed by atoms with Crippen LogP contribution in [0.4, 0.5) is 0 Å². The van der Waals surface area contributed by atoms with Crippen LogP contribution in [0.5, 0.6) is 5.75 Å². The van der Waals surface area contributed by atoms with Crippen molar-refractivity contribution in [3.63, 3.8) is 0 Å². The van der Waals surface area contributed by atoms with Crippen molar-refractivity contribution >= 4 is 17.4 Å². The molecule has 0 saturated carbocycles. The Balaban J connectivity index is 1.62. The first kappa shape index (κ1) is 19.2. The van der Waals surface area contributed by atoms with E-state index >= 15 is 0 Å². The summed E-state index contributed by atoms with van der Waals surface area (Å²) in [6.07, 6.45) is 2.27. The van der Waals surface area contributed by atoms with Crippen LogP contribution in [-0.4, -0.2) is 27.8 Å². The molecule has 0 aliphatic carbocycles. The second-order valence-corrected chi connectivity index (χ2v) is 7.91. The number of nitrogens with zero attached hydrogens (tertiary/aromatic N) is 1. The molecule has 3 aromatic rings. The van der Waals surface area contributed by atoms with E-state index < -0.39 is 17.7 Å². The number of hydrogen-bond donors (Lipinski definition) is 1. The molecule has 1 saturated heterocycles. The van der Waals surface area contributed by atoms with Gasteiger partial charge < -0.3 is 23.6 Å². The minimum atomic E-state index is -0.859. The average Bonchev–Trinajstić information content (AvgIpc) is 3.51. The molecule has 2 atom stereocenters. The first-order valence-electron chi connectivity index (χ1n) is 10.1. The van der Waals surface area contributed by atoms with Crippen LogP contribution in [0.15, 0.2) is 63.1 Å². The topological polar surface area (TPSA) is 93.1 Å². The fourth-order valence-corrected chi connectivity index (χ4v) is 4.23. The minimum absolute atomic E-state index is 0.00202. The van der Waals surface area contributed by atoms with Gasteiger partial charge in [0.05, 0.1) is 18.4 Å². The third-order valence-corrected chi connectivity index (χ3v) is 5.65. The summed E-state index contributed by atoms with van der Waals surface area (Å²) in [5.74, 6) is 0.634. The van der Waals surface area contributed by atoms with Crippen molar-refractivity contribution in [1.29, 1.82) is 0 Å². The molecule has 2 aromatic heterocycles. The summed E-state index contributed by atoms with van der Waals surface area (Å²) in [4.78, 5) is 27.3. The van der Waals surface area contributed by atoms with Crippen molar-refractivity contribution < 1.29 is 28.3 Å². The van der Waals surface area contributed by atoms with Crippen molar-refractivity contribution in [3.8, 4) is 5.75 Å². The molecule has 4 heterocycles. The molecule has 1 amide bonds. The monoisotopic (exact) mass is 419 g/mol. The van der Waals surface area contributed by atoms with Crippen LogP contribution >= 0.6 is 0 Å². The van der Waals surface area contributed by atoms with Gasteiger partial charge in [-0.05, 0) is 61.9 Å². The first-order valence-corrected chi connectivity index (χ1v) is 10.1. The fraction of sp³-hybridized carbons (Fsp3) is 0.250. The third kappa shape index (κ3) is 3.22. The molecule has 0 unspecified atom stereocenters. The second-order valence-electron chi connectivity index (χ2n) is 7.91. The number of ketones is 1. The second kappa shape index (κ2) is 7.19. The minimum Gasteiger partial charge on any atom is -0.507 e. The van der Waals surface area contributed by atoms with Crippen molar-refractivity contribution in [3.05, 3.63) is 82.7 Å². The Labute approximate surface area is 178 Å². The quantitative estimate of drug-likeness (QED) is 0.388. The maximum absolute atomic E-state index is 13.0. The fourth-order valence-electron chi connectivity index (χ4n) is 4.23. The summed E-state index contributed by atoms with van der Waals surface area (Å²) in [7, 11) is 0. The number of aryl methyl sites for hydroxylation is 1. The van der Waals surface area contributed by atoms with E-state index in [-0.39, 0.29) is 24.0 Å². The van der Waals surface area contributed by atoms with E-state index in [9.17, 15) is 14.7 Å². The zero-order valence-electron chi connectivity index (χ0n) is 17.1. The molecular formula is C24H21NO6. The van der Waals surface area contributed by atoms with Gasteiger partial charge in [0.15, 0.2) is 0 Å². The molecule has 7 nitrogen and oxygen atoms in total. The summed E-state index contributed by atoms with van der Waals surface area (Å²) >= 11 is 0. The van der Waals surface area contributed by atoms with E-state index in [0.29, 0.717) is 29.3 Å². The molecule has 0 radical (unpaired) electrons. The van der Waals surface area contributed by atoms with Gasteiger partial charge in [-0.2, -0.15) is 0 Å². The van der Waals surface area contributed by atoms with Crippen LogP contribution in [0.1, 0.15) is 41.4 Å². The Hall–Kier alpha value is -3.74. The van der Waals surface area contributed by atoms with E-state index in [2.05, 4.69) is 0 Å². The molecule has 31 heavy (non-hydrogen) atoms. The third-order valence-electron chi connectivity index (χ3n) is 5.65. The summed E-state index contributed by atoms with van der Waals surface area (Å²) in [5, 5.41) is 11.2. The average molecular weight is 419 g/mol. The van der Waals surface area contributed by atoms with Gasteiger partial charge in [0, 0.05) is 12.0 Å². The maximum atomic E-state index is 13.0. The highest BCUT2D eigenvalue weighted by atomic mass is 16.5. The molecular weight excluding hydrogens is 398 g/mol. The van der Waals surface area contributed by atoms with Crippen LogP contribution in [0.2, 0.25) is 0 Å². The van der Waals surface area contributed by atoms with Crippen molar-refractivity contribution in [1.82, 2.24) is 4.90 Å². The summed E-state index contributed by atoms with van der Waals surface area (Å²) in [6.45, 7) is 3.83. The zero-order valence-corrected chi connectivity index (χ0v) is 17.1. The number of rotatable bonds is 4. The predicted molar refractivity (Wildman–Crippen MR) is 110 cm³/mol. The number of carbonyl (C=O) groups is 2. The summed E-state index contributed by atoms with van der Waals surface area (Å²) < 4.78 is 16.9.